The van der Waals surface area contributed by atoms with Crippen molar-refractivity contribution in [1.29, 1.82) is 0 Å². The van der Waals surface area contributed by atoms with Crippen molar-refractivity contribution in [3.63, 3.8) is 0 Å². The van der Waals surface area contributed by atoms with Crippen LogP contribution in [0.2, 0.25) is 0 Å². The van der Waals surface area contributed by atoms with Crippen molar-refractivity contribution in [3.8, 4) is 0 Å². The number of rotatable bonds is 9. The van der Waals surface area contributed by atoms with Crippen LogP contribution in [0.5, 0.6) is 0 Å². The normalized spacial score (nSPS) is 31.5. The minimum absolute atomic E-state index is 0.0122. The molecular weight excluding hydrogens is 416 g/mol. The van der Waals surface area contributed by atoms with Crippen LogP contribution < -0.4 is 0 Å². The van der Waals surface area contributed by atoms with Gasteiger partial charge in [0.15, 0.2) is 0 Å². The van der Waals surface area contributed by atoms with Crippen LogP contribution in [-0.4, -0.2) is 46.7 Å². The summed E-state index contributed by atoms with van der Waals surface area (Å²) in [7, 11) is 0. The SMILES string of the molecule is CC=CC1OC(C(O)C=CC=C(C)CC(C)C=C(C)/C=C/C2CC=CC(=O)O2)CC(O)C1C. The van der Waals surface area contributed by atoms with Crippen LogP contribution in [0, 0.1) is 11.8 Å². The molecule has 2 heterocycles. The van der Waals surface area contributed by atoms with E-state index >= 15 is 0 Å². The first kappa shape index (κ1) is 27.0. The second kappa shape index (κ2) is 13.5. The number of aliphatic hydroxyl groups excluding tert-OH is 2. The van der Waals surface area contributed by atoms with E-state index < -0.39 is 18.3 Å². The fraction of sp³-hybridized carbons (Fsp3) is 0.536. The molecule has 2 rings (SSSR count). The Balaban J connectivity index is 1.85. The first-order valence-corrected chi connectivity index (χ1v) is 11.9. The van der Waals surface area contributed by atoms with Gasteiger partial charge in [-0.05, 0) is 39.2 Å². The molecule has 2 N–H and O–H groups in total. The van der Waals surface area contributed by atoms with E-state index in [1.165, 1.54) is 11.6 Å². The lowest BCUT2D eigenvalue weighted by Gasteiger charge is -2.38. The minimum Gasteiger partial charge on any atom is -0.455 e. The molecule has 0 amide bonds. The predicted molar refractivity (Wildman–Crippen MR) is 132 cm³/mol. The molecule has 0 saturated carbocycles. The zero-order chi connectivity index (χ0) is 24.4. The van der Waals surface area contributed by atoms with Gasteiger partial charge in [0.05, 0.1) is 24.4 Å². The summed E-state index contributed by atoms with van der Waals surface area (Å²) in [6.45, 7) is 10.2. The number of aliphatic hydroxyl groups is 2. The van der Waals surface area contributed by atoms with Crippen LogP contribution in [0.25, 0.3) is 0 Å². The molecule has 7 atom stereocenters. The lowest BCUT2D eigenvalue weighted by atomic mass is 9.88. The van der Waals surface area contributed by atoms with E-state index in [9.17, 15) is 15.0 Å². The van der Waals surface area contributed by atoms with E-state index in [0.717, 1.165) is 12.0 Å². The number of carbonyl (C=O) groups excluding carboxylic acids is 1. The number of cyclic esters (lactones) is 1. The minimum atomic E-state index is -0.766. The van der Waals surface area contributed by atoms with E-state index in [2.05, 4.69) is 19.9 Å². The Hall–Kier alpha value is -2.21. The van der Waals surface area contributed by atoms with Gasteiger partial charge in [-0.15, -0.1) is 0 Å². The van der Waals surface area contributed by atoms with Gasteiger partial charge in [-0.3, -0.25) is 0 Å². The summed E-state index contributed by atoms with van der Waals surface area (Å²) < 4.78 is 11.2. The second-order valence-corrected chi connectivity index (χ2v) is 9.28. The Labute approximate surface area is 198 Å². The van der Waals surface area contributed by atoms with Gasteiger partial charge >= 0.3 is 5.97 Å². The fourth-order valence-electron chi connectivity index (χ4n) is 4.19. The standard InChI is InChI=1S/C28H40O5/c1-6-9-26-22(5)25(30)18-27(33-26)24(29)12-7-10-19(2)16-21(4)17-20(3)14-15-23-11-8-13-28(31)32-23/h6-10,12-15,17,21-27,29-30H,11,16,18H2,1-5H3/b9-6?,12-7?,15-14+,19-10?,20-17?. The first-order valence-electron chi connectivity index (χ1n) is 11.9. The average molecular weight is 457 g/mol. The van der Waals surface area contributed by atoms with Crippen molar-refractivity contribution in [3.05, 3.63) is 71.9 Å². The lowest BCUT2D eigenvalue weighted by molar-refractivity contribution is -0.141. The van der Waals surface area contributed by atoms with Crippen molar-refractivity contribution in [2.45, 2.75) is 84.4 Å². The van der Waals surface area contributed by atoms with E-state index in [-0.39, 0.29) is 24.1 Å². The van der Waals surface area contributed by atoms with Crippen molar-refractivity contribution < 1.29 is 24.5 Å². The zero-order valence-electron chi connectivity index (χ0n) is 20.6. The van der Waals surface area contributed by atoms with Crippen LogP contribution in [0.3, 0.4) is 0 Å². The molecule has 5 nitrogen and oxygen atoms in total. The van der Waals surface area contributed by atoms with E-state index in [1.807, 2.05) is 63.3 Å². The predicted octanol–water partition coefficient (Wildman–Crippen LogP) is 4.98. The topological polar surface area (TPSA) is 76.0 Å². The highest BCUT2D eigenvalue weighted by molar-refractivity contribution is 5.82. The molecule has 5 heteroatoms. The van der Waals surface area contributed by atoms with Crippen molar-refractivity contribution in [1.82, 2.24) is 0 Å². The summed E-state index contributed by atoms with van der Waals surface area (Å²) in [6.07, 6.45) is 18.9. The first-order chi connectivity index (χ1) is 15.7. The molecule has 0 aromatic rings. The molecule has 1 saturated heterocycles. The number of esters is 1. The highest BCUT2D eigenvalue weighted by Gasteiger charge is 2.35. The zero-order valence-corrected chi connectivity index (χ0v) is 20.6. The maximum atomic E-state index is 11.3. The number of ether oxygens (including phenoxy) is 2. The molecular formula is C28H40O5. The lowest BCUT2D eigenvalue weighted by Crippen LogP contribution is -2.46. The summed E-state index contributed by atoms with van der Waals surface area (Å²) in [4.78, 5) is 11.3. The van der Waals surface area contributed by atoms with Crippen molar-refractivity contribution >= 4 is 5.97 Å². The molecule has 2 aliphatic rings. The van der Waals surface area contributed by atoms with Crippen LogP contribution >= 0.6 is 0 Å². The smallest absolute Gasteiger partial charge is 0.331 e. The fourth-order valence-corrected chi connectivity index (χ4v) is 4.19. The monoisotopic (exact) mass is 456 g/mol. The Morgan fingerprint density at radius 3 is 2.76 bits per heavy atom. The molecule has 7 unspecified atom stereocenters. The average Bonchev–Trinajstić information content (AvgIpc) is 2.75. The van der Waals surface area contributed by atoms with Crippen molar-refractivity contribution in [2.24, 2.45) is 11.8 Å². The van der Waals surface area contributed by atoms with E-state index in [4.69, 9.17) is 9.47 Å². The van der Waals surface area contributed by atoms with E-state index in [1.54, 1.807) is 6.08 Å². The van der Waals surface area contributed by atoms with Gasteiger partial charge in [0, 0.05) is 24.8 Å². The Morgan fingerprint density at radius 1 is 1.30 bits per heavy atom. The van der Waals surface area contributed by atoms with Gasteiger partial charge in [-0.25, -0.2) is 4.79 Å². The van der Waals surface area contributed by atoms with Crippen molar-refractivity contribution in [2.75, 3.05) is 0 Å². The van der Waals surface area contributed by atoms with Gasteiger partial charge in [0.25, 0.3) is 0 Å². The molecule has 0 aromatic carbocycles. The maximum absolute atomic E-state index is 11.3. The molecule has 1 fully saturated rings. The third kappa shape index (κ3) is 9.28. The molecule has 0 aromatic heterocycles. The largest absolute Gasteiger partial charge is 0.455 e. The summed E-state index contributed by atoms with van der Waals surface area (Å²) in [6, 6.07) is 0. The third-order valence-corrected chi connectivity index (χ3v) is 6.04. The highest BCUT2D eigenvalue weighted by Crippen LogP contribution is 2.28. The summed E-state index contributed by atoms with van der Waals surface area (Å²) >= 11 is 0. The number of carbonyl (C=O) groups is 1. The van der Waals surface area contributed by atoms with Gasteiger partial charge in [0.2, 0.25) is 0 Å². The molecule has 0 radical (unpaired) electrons. The van der Waals surface area contributed by atoms with Gasteiger partial charge < -0.3 is 19.7 Å². The van der Waals surface area contributed by atoms with Crippen LogP contribution in [-0.2, 0) is 14.3 Å². The second-order valence-electron chi connectivity index (χ2n) is 9.28. The van der Waals surface area contributed by atoms with Gasteiger partial charge in [0.1, 0.15) is 6.10 Å². The third-order valence-electron chi connectivity index (χ3n) is 6.04. The molecule has 33 heavy (non-hydrogen) atoms. The van der Waals surface area contributed by atoms with Gasteiger partial charge in [-0.1, -0.05) is 73.6 Å². The molecule has 2 aliphatic heterocycles. The quantitative estimate of drug-likeness (QED) is 0.291. The number of hydrogen-bond donors (Lipinski definition) is 2. The Bertz CT molecular complexity index is 816. The Kier molecular flexibility index (Phi) is 11.0. The number of allylic oxidation sites excluding steroid dienone is 7. The van der Waals surface area contributed by atoms with Crippen LogP contribution in [0.4, 0.5) is 0 Å². The highest BCUT2D eigenvalue weighted by atomic mass is 16.5. The summed E-state index contributed by atoms with van der Waals surface area (Å²) in [5.74, 6) is 0.0688. The molecule has 0 spiro atoms. The maximum Gasteiger partial charge on any atom is 0.331 e. The summed E-state index contributed by atoms with van der Waals surface area (Å²) in [5, 5.41) is 20.8. The van der Waals surface area contributed by atoms with Crippen LogP contribution in [0.1, 0.15) is 53.9 Å². The molecule has 0 bridgehead atoms. The summed E-state index contributed by atoms with van der Waals surface area (Å²) in [5.41, 5.74) is 2.33. The van der Waals surface area contributed by atoms with Gasteiger partial charge in [-0.2, -0.15) is 0 Å². The molecule has 0 aliphatic carbocycles. The van der Waals surface area contributed by atoms with Crippen LogP contribution in [0.15, 0.2) is 71.9 Å². The van der Waals surface area contributed by atoms with E-state index in [0.29, 0.717) is 18.8 Å². The number of hydrogen-bond acceptors (Lipinski definition) is 5. The molecule has 182 valence electrons. The Morgan fingerprint density at radius 2 is 2.06 bits per heavy atom.